The van der Waals surface area contributed by atoms with Crippen molar-refractivity contribution in [2.45, 2.75) is 18.4 Å². The van der Waals surface area contributed by atoms with Crippen LogP contribution in [-0.2, 0) is 23.6 Å². The van der Waals surface area contributed by atoms with Crippen molar-refractivity contribution in [3.05, 3.63) is 30.4 Å². The molecule has 3 heterocycles. The summed E-state index contributed by atoms with van der Waals surface area (Å²) in [5.74, 6) is -0.166. The minimum Gasteiger partial charge on any atom is -0.335 e. The van der Waals surface area contributed by atoms with Gasteiger partial charge in [-0.2, -0.15) is 14.5 Å². The predicted octanol–water partition coefficient (Wildman–Crippen LogP) is -0.217. The molecule has 1 aliphatic rings. The highest BCUT2D eigenvalue weighted by Gasteiger charge is 2.31. The largest absolute Gasteiger partial charge is 0.335 e. The van der Waals surface area contributed by atoms with Crippen molar-refractivity contribution >= 4 is 15.9 Å². The number of rotatable bonds is 4. The van der Waals surface area contributed by atoms with Crippen LogP contribution in [0.3, 0.4) is 0 Å². The van der Waals surface area contributed by atoms with E-state index in [9.17, 15) is 13.2 Å². The molecular weight excluding hydrogens is 332 g/mol. The first-order valence-corrected chi connectivity index (χ1v) is 9.17. The van der Waals surface area contributed by atoms with Crippen LogP contribution in [0.15, 0.2) is 29.6 Å². The SMILES string of the molecule is CCn1ccc(C(=O)N2CCN(S(=O)(=O)c3cnn(C)c3)CC2)n1. The van der Waals surface area contributed by atoms with Gasteiger partial charge >= 0.3 is 0 Å². The number of aromatic nitrogens is 4. The standard InChI is InChI=1S/C14H20N6O3S/c1-3-19-5-4-13(16-19)14(21)18-6-8-20(9-7-18)24(22,23)12-10-15-17(2)11-12/h4-5,10-11H,3,6-9H2,1-2H3. The number of carbonyl (C=O) groups is 1. The Hall–Kier alpha value is -2.20. The van der Waals surface area contributed by atoms with Gasteiger partial charge in [-0.15, -0.1) is 0 Å². The first kappa shape index (κ1) is 16.7. The van der Waals surface area contributed by atoms with E-state index < -0.39 is 10.0 Å². The normalized spacial score (nSPS) is 16.5. The molecule has 24 heavy (non-hydrogen) atoms. The summed E-state index contributed by atoms with van der Waals surface area (Å²) >= 11 is 0. The van der Waals surface area contributed by atoms with E-state index in [2.05, 4.69) is 10.2 Å². The van der Waals surface area contributed by atoms with Crippen LogP contribution in [0.25, 0.3) is 0 Å². The monoisotopic (exact) mass is 352 g/mol. The van der Waals surface area contributed by atoms with Gasteiger partial charge in [0.15, 0.2) is 0 Å². The zero-order valence-corrected chi connectivity index (χ0v) is 14.5. The highest BCUT2D eigenvalue weighted by atomic mass is 32.2. The molecule has 0 radical (unpaired) electrons. The van der Waals surface area contributed by atoms with E-state index in [4.69, 9.17) is 0 Å². The highest BCUT2D eigenvalue weighted by Crippen LogP contribution is 2.17. The van der Waals surface area contributed by atoms with Crippen molar-refractivity contribution < 1.29 is 13.2 Å². The third kappa shape index (κ3) is 3.06. The quantitative estimate of drug-likeness (QED) is 0.759. The second kappa shape index (κ2) is 6.36. The average molecular weight is 352 g/mol. The van der Waals surface area contributed by atoms with Crippen molar-refractivity contribution in [3.8, 4) is 0 Å². The van der Waals surface area contributed by atoms with Crippen LogP contribution in [0.4, 0.5) is 0 Å². The van der Waals surface area contributed by atoms with Gasteiger partial charge in [-0.3, -0.25) is 14.2 Å². The summed E-state index contributed by atoms with van der Waals surface area (Å²) in [4.78, 5) is 14.2. The molecule has 0 saturated carbocycles. The van der Waals surface area contributed by atoms with Gasteiger partial charge in [0.05, 0.1) is 6.20 Å². The maximum Gasteiger partial charge on any atom is 0.274 e. The summed E-state index contributed by atoms with van der Waals surface area (Å²) in [6.45, 7) is 3.86. The van der Waals surface area contributed by atoms with E-state index in [1.165, 1.54) is 21.4 Å². The van der Waals surface area contributed by atoms with Crippen molar-refractivity contribution in [1.82, 2.24) is 28.8 Å². The third-order valence-electron chi connectivity index (χ3n) is 4.03. The van der Waals surface area contributed by atoms with Gasteiger partial charge in [0, 0.05) is 52.2 Å². The first-order chi connectivity index (χ1) is 11.4. The van der Waals surface area contributed by atoms with E-state index in [0.29, 0.717) is 25.3 Å². The van der Waals surface area contributed by atoms with Gasteiger partial charge in [-0.05, 0) is 13.0 Å². The molecule has 0 atom stereocenters. The molecule has 1 amide bonds. The maximum absolute atomic E-state index is 12.5. The predicted molar refractivity (Wildman–Crippen MR) is 85.8 cm³/mol. The molecule has 3 rings (SSSR count). The number of hydrogen-bond donors (Lipinski definition) is 0. The minimum atomic E-state index is -3.56. The number of amides is 1. The van der Waals surface area contributed by atoms with Gasteiger partial charge in [-0.1, -0.05) is 0 Å². The molecule has 10 heteroatoms. The summed E-state index contributed by atoms with van der Waals surface area (Å²) in [7, 11) is -1.89. The van der Waals surface area contributed by atoms with Crippen LogP contribution >= 0.6 is 0 Å². The smallest absolute Gasteiger partial charge is 0.274 e. The molecule has 0 aliphatic carbocycles. The molecule has 9 nitrogen and oxygen atoms in total. The molecule has 2 aromatic rings. The molecule has 130 valence electrons. The lowest BCUT2D eigenvalue weighted by atomic mass is 10.3. The molecule has 1 saturated heterocycles. The Kier molecular flexibility index (Phi) is 4.41. The Morgan fingerprint density at radius 2 is 1.96 bits per heavy atom. The van der Waals surface area contributed by atoms with Crippen LogP contribution in [-0.4, -0.2) is 69.3 Å². The van der Waals surface area contributed by atoms with Crippen LogP contribution < -0.4 is 0 Å². The van der Waals surface area contributed by atoms with E-state index in [0.717, 1.165) is 0 Å². The van der Waals surface area contributed by atoms with Crippen LogP contribution in [0.5, 0.6) is 0 Å². The molecule has 0 aromatic carbocycles. The Morgan fingerprint density at radius 3 is 2.50 bits per heavy atom. The minimum absolute atomic E-state index is 0.166. The molecular formula is C14H20N6O3S. The van der Waals surface area contributed by atoms with Gasteiger partial charge in [0.25, 0.3) is 5.91 Å². The molecule has 1 aliphatic heterocycles. The number of sulfonamides is 1. The number of hydrogen-bond acceptors (Lipinski definition) is 5. The van der Waals surface area contributed by atoms with E-state index >= 15 is 0 Å². The topological polar surface area (TPSA) is 93.3 Å². The lowest BCUT2D eigenvalue weighted by Gasteiger charge is -2.33. The van der Waals surface area contributed by atoms with E-state index in [-0.39, 0.29) is 23.9 Å². The third-order valence-corrected chi connectivity index (χ3v) is 5.88. The maximum atomic E-state index is 12.5. The zero-order valence-electron chi connectivity index (χ0n) is 13.7. The van der Waals surface area contributed by atoms with Crippen molar-refractivity contribution in [1.29, 1.82) is 0 Å². The first-order valence-electron chi connectivity index (χ1n) is 7.73. The molecule has 0 unspecified atom stereocenters. The summed E-state index contributed by atoms with van der Waals surface area (Å²) in [6.07, 6.45) is 4.57. The Bertz CT molecular complexity index is 832. The highest BCUT2D eigenvalue weighted by molar-refractivity contribution is 7.89. The lowest BCUT2D eigenvalue weighted by Crippen LogP contribution is -2.50. The van der Waals surface area contributed by atoms with Gasteiger partial charge in [0.2, 0.25) is 10.0 Å². The van der Waals surface area contributed by atoms with Gasteiger partial charge in [0.1, 0.15) is 10.6 Å². The average Bonchev–Trinajstić information content (AvgIpc) is 3.23. The fraction of sp³-hybridized carbons (Fsp3) is 0.500. The van der Waals surface area contributed by atoms with Crippen LogP contribution in [0.2, 0.25) is 0 Å². The van der Waals surface area contributed by atoms with Crippen LogP contribution in [0, 0.1) is 0 Å². The van der Waals surface area contributed by atoms with E-state index in [1.807, 2.05) is 6.92 Å². The summed E-state index contributed by atoms with van der Waals surface area (Å²) in [6, 6.07) is 1.69. The Balaban J connectivity index is 1.66. The number of aryl methyl sites for hydroxylation is 2. The molecule has 0 spiro atoms. The second-order valence-corrected chi connectivity index (χ2v) is 7.54. The molecule has 1 fully saturated rings. The van der Waals surface area contributed by atoms with Gasteiger partial charge < -0.3 is 4.90 Å². The lowest BCUT2D eigenvalue weighted by molar-refractivity contribution is 0.0691. The van der Waals surface area contributed by atoms with Crippen LogP contribution in [0.1, 0.15) is 17.4 Å². The Morgan fingerprint density at radius 1 is 1.25 bits per heavy atom. The molecule has 2 aromatic heterocycles. The summed E-state index contributed by atoms with van der Waals surface area (Å²) < 4.78 is 29.6. The zero-order chi connectivity index (χ0) is 17.3. The second-order valence-electron chi connectivity index (χ2n) is 5.60. The molecule has 0 N–H and O–H groups in total. The molecule has 0 bridgehead atoms. The van der Waals surface area contributed by atoms with E-state index in [1.54, 1.807) is 28.9 Å². The fourth-order valence-corrected chi connectivity index (χ4v) is 4.03. The fourth-order valence-electron chi connectivity index (χ4n) is 2.63. The van der Waals surface area contributed by atoms with Crippen molar-refractivity contribution in [2.24, 2.45) is 7.05 Å². The Labute approximate surface area is 140 Å². The summed E-state index contributed by atoms with van der Waals surface area (Å²) in [5, 5.41) is 8.11. The number of carbonyl (C=O) groups excluding carboxylic acids is 1. The number of nitrogens with zero attached hydrogens (tertiary/aromatic N) is 6. The van der Waals surface area contributed by atoms with Gasteiger partial charge in [-0.25, -0.2) is 8.42 Å². The van der Waals surface area contributed by atoms with Crippen molar-refractivity contribution in [3.63, 3.8) is 0 Å². The summed E-state index contributed by atoms with van der Waals surface area (Å²) in [5.41, 5.74) is 0.389. The van der Waals surface area contributed by atoms with Crippen molar-refractivity contribution in [2.75, 3.05) is 26.2 Å². The number of piperazine rings is 1.